The Labute approximate surface area is 247 Å². The summed E-state index contributed by atoms with van der Waals surface area (Å²) < 4.78 is 11.4. The Morgan fingerprint density at radius 1 is 0.488 bits per heavy atom. The molecule has 0 spiro atoms. The molecule has 3 heterocycles. The van der Waals surface area contributed by atoms with Crippen LogP contribution in [0.4, 0.5) is 0 Å². The molecule has 1 aliphatic carbocycles. The smallest absolute Gasteiger partial charge is 0.137 e. The van der Waals surface area contributed by atoms with Crippen LogP contribution in [0.15, 0.2) is 132 Å². The SMILES string of the molecule is C1=Cc2c(n(-c3ccccc3)c3cc4c(cc23)c2ccccc2n4-c2ccc3c(c2)oc2cc4ccccc4cc23)CC1. The summed E-state index contributed by atoms with van der Waals surface area (Å²) in [5, 5.41) is 8.56. The van der Waals surface area contributed by atoms with Crippen LogP contribution in [0, 0.1) is 0 Å². The lowest BCUT2D eigenvalue weighted by molar-refractivity contribution is 0.669. The van der Waals surface area contributed by atoms with E-state index in [9.17, 15) is 0 Å². The van der Waals surface area contributed by atoms with E-state index >= 15 is 0 Å². The van der Waals surface area contributed by atoms with Gasteiger partial charge in [-0.1, -0.05) is 72.8 Å². The van der Waals surface area contributed by atoms with Crippen molar-refractivity contribution in [2.75, 3.05) is 0 Å². The van der Waals surface area contributed by atoms with Gasteiger partial charge in [0.15, 0.2) is 0 Å². The number of hydrogen-bond acceptors (Lipinski definition) is 1. The molecule has 3 nitrogen and oxygen atoms in total. The predicted octanol–water partition coefficient (Wildman–Crippen LogP) is 10.7. The van der Waals surface area contributed by atoms with E-state index in [1.54, 1.807) is 0 Å². The Balaban J connectivity index is 1.29. The highest BCUT2D eigenvalue weighted by Gasteiger charge is 2.22. The van der Waals surface area contributed by atoms with Gasteiger partial charge in [0.05, 0.1) is 16.6 Å². The van der Waals surface area contributed by atoms with Crippen LogP contribution in [-0.2, 0) is 6.42 Å². The largest absolute Gasteiger partial charge is 0.456 e. The fourth-order valence-corrected chi connectivity index (χ4v) is 7.42. The molecule has 0 radical (unpaired) electrons. The van der Waals surface area contributed by atoms with E-state index < -0.39 is 0 Å². The van der Waals surface area contributed by atoms with Crippen molar-refractivity contribution in [1.29, 1.82) is 0 Å². The first-order valence-corrected chi connectivity index (χ1v) is 15.0. The third kappa shape index (κ3) is 3.19. The lowest BCUT2D eigenvalue weighted by Crippen LogP contribution is -2.02. The van der Waals surface area contributed by atoms with Crippen LogP contribution in [-0.4, -0.2) is 9.13 Å². The molecule has 0 saturated heterocycles. The normalized spacial score (nSPS) is 13.3. The molecule has 3 heteroatoms. The molecule has 43 heavy (non-hydrogen) atoms. The Morgan fingerprint density at radius 2 is 1.26 bits per heavy atom. The third-order valence-corrected chi connectivity index (χ3v) is 9.33. The summed E-state index contributed by atoms with van der Waals surface area (Å²) in [6, 6.07) is 44.0. The molecule has 9 aromatic rings. The van der Waals surface area contributed by atoms with Crippen molar-refractivity contribution in [1.82, 2.24) is 9.13 Å². The maximum atomic E-state index is 6.50. The zero-order valence-corrected chi connectivity index (χ0v) is 23.4. The zero-order chi connectivity index (χ0) is 28.1. The molecule has 0 N–H and O–H groups in total. The van der Waals surface area contributed by atoms with Crippen LogP contribution in [0.5, 0.6) is 0 Å². The molecule has 10 rings (SSSR count). The quantitative estimate of drug-likeness (QED) is 0.210. The summed E-state index contributed by atoms with van der Waals surface area (Å²) in [6.07, 6.45) is 6.75. The van der Waals surface area contributed by atoms with Crippen molar-refractivity contribution in [3.05, 3.63) is 139 Å². The fourth-order valence-electron chi connectivity index (χ4n) is 7.42. The lowest BCUT2D eigenvalue weighted by atomic mass is 10.0. The third-order valence-electron chi connectivity index (χ3n) is 9.33. The summed E-state index contributed by atoms with van der Waals surface area (Å²) in [7, 11) is 0. The van der Waals surface area contributed by atoms with Crippen LogP contribution in [0.25, 0.3) is 82.9 Å². The maximum absolute atomic E-state index is 6.50. The van der Waals surface area contributed by atoms with Gasteiger partial charge in [-0.3, -0.25) is 0 Å². The highest BCUT2D eigenvalue weighted by atomic mass is 16.3. The average Bonchev–Trinajstić information content (AvgIpc) is 3.69. The summed E-state index contributed by atoms with van der Waals surface area (Å²) in [4.78, 5) is 0. The molecular weight excluding hydrogens is 524 g/mol. The van der Waals surface area contributed by atoms with E-state index in [-0.39, 0.29) is 0 Å². The molecule has 0 bridgehead atoms. The van der Waals surface area contributed by atoms with Gasteiger partial charge in [-0.25, -0.2) is 0 Å². The molecule has 202 valence electrons. The molecular formula is C40H26N2O. The molecule has 3 aromatic heterocycles. The van der Waals surface area contributed by atoms with Crippen LogP contribution in [0.1, 0.15) is 17.7 Å². The first-order valence-electron chi connectivity index (χ1n) is 15.0. The Hall–Kier alpha value is -5.54. The highest BCUT2D eigenvalue weighted by molar-refractivity contribution is 6.15. The minimum atomic E-state index is 0.906. The molecule has 0 saturated carbocycles. The van der Waals surface area contributed by atoms with Gasteiger partial charge < -0.3 is 13.6 Å². The second-order valence-electron chi connectivity index (χ2n) is 11.7. The van der Waals surface area contributed by atoms with Crippen molar-refractivity contribution in [3.63, 3.8) is 0 Å². The molecule has 0 amide bonds. The van der Waals surface area contributed by atoms with Gasteiger partial charge in [-0.05, 0) is 78.2 Å². The minimum Gasteiger partial charge on any atom is -0.456 e. The van der Waals surface area contributed by atoms with Crippen LogP contribution in [0.2, 0.25) is 0 Å². The first-order chi connectivity index (χ1) is 21.3. The summed E-state index contributed by atoms with van der Waals surface area (Å²) in [5.41, 5.74) is 10.5. The average molecular weight is 551 g/mol. The maximum Gasteiger partial charge on any atom is 0.137 e. The van der Waals surface area contributed by atoms with Gasteiger partial charge in [0, 0.05) is 55.6 Å². The van der Waals surface area contributed by atoms with Crippen molar-refractivity contribution < 1.29 is 4.42 Å². The van der Waals surface area contributed by atoms with Crippen molar-refractivity contribution in [2.45, 2.75) is 12.8 Å². The number of nitrogens with zero attached hydrogens (tertiary/aromatic N) is 2. The minimum absolute atomic E-state index is 0.906. The van der Waals surface area contributed by atoms with Crippen molar-refractivity contribution in [3.8, 4) is 11.4 Å². The van der Waals surface area contributed by atoms with Gasteiger partial charge in [-0.2, -0.15) is 0 Å². The number of hydrogen-bond donors (Lipinski definition) is 0. The molecule has 1 aliphatic rings. The zero-order valence-electron chi connectivity index (χ0n) is 23.4. The second kappa shape index (κ2) is 8.50. The number of para-hydroxylation sites is 2. The highest BCUT2D eigenvalue weighted by Crippen LogP contribution is 2.41. The number of benzene rings is 6. The van der Waals surface area contributed by atoms with E-state index in [1.165, 1.54) is 60.4 Å². The van der Waals surface area contributed by atoms with Gasteiger partial charge in [0.1, 0.15) is 11.2 Å². The number of allylic oxidation sites excluding steroid dienone is 1. The molecule has 0 fully saturated rings. The van der Waals surface area contributed by atoms with E-state index in [4.69, 9.17) is 4.42 Å². The van der Waals surface area contributed by atoms with Crippen molar-refractivity contribution in [2.24, 2.45) is 0 Å². The number of furan rings is 1. The van der Waals surface area contributed by atoms with E-state index in [2.05, 4.69) is 143 Å². The van der Waals surface area contributed by atoms with Gasteiger partial charge in [-0.15, -0.1) is 0 Å². The van der Waals surface area contributed by atoms with Crippen molar-refractivity contribution >= 4 is 71.5 Å². The van der Waals surface area contributed by atoms with E-state index in [1.807, 2.05) is 0 Å². The number of fused-ring (bicyclic) bond motifs is 10. The lowest BCUT2D eigenvalue weighted by Gasteiger charge is -2.13. The predicted molar refractivity (Wildman–Crippen MR) is 180 cm³/mol. The summed E-state index contributed by atoms with van der Waals surface area (Å²) in [6.45, 7) is 0. The molecule has 0 atom stereocenters. The van der Waals surface area contributed by atoms with Gasteiger partial charge in [0.2, 0.25) is 0 Å². The molecule has 0 unspecified atom stereocenters. The Kier molecular flexibility index (Phi) is 4.56. The second-order valence-corrected chi connectivity index (χ2v) is 11.7. The Bertz CT molecular complexity index is 2610. The topological polar surface area (TPSA) is 23.0 Å². The van der Waals surface area contributed by atoms with E-state index in [0.717, 1.165) is 40.5 Å². The number of aromatic nitrogens is 2. The summed E-state index contributed by atoms with van der Waals surface area (Å²) >= 11 is 0. The fraction of sp³-hybridized carbons (Fsp3) is 0.0500. The first kappa shape index (κ1) is 23.1. The van der Waals surface area contributed by atoms with Crippen LogP contribution < -0.4 is 0 Å². The number of rotatable bonds is 2. The standard InChI is InChI=1S/C40H26N2O/c1-2-12-27(13-3-1)41-35-16-8-6-14-29(35)32-23-33-30-15-7-9-17-36(30)42(38(33)24-37(32)41)28-18-19-31-34-20-25-10-4-5-11-26(25)21-39(34)43-40(31)22-28/h1-7,9-15,17-24H,8,16H2. The summed E-state index contributed by atoms with van der Waals surface area (Å²) in [5.74, 6) is 0. The van der Waals surface area contributed by atoms with E-state index in [0.29, 0.717) is 0 Å². The monoisotopic (exact) mass is 550 g/mol. The van der Waals surface area contributed by atoms with Gasteiger partial charge in [0.25, 0.3) is 0 Å². The van der Waals surface area contributed by atoms with Crippen LogP contribution in [0.3, 0.4) is 0 Å². The molecule has 0 aliphatic heterocycles. The van der Waals surface area contributed by atoms with Crippen LogP contribution >= 0.6 is 0 Å². The molecule has 6 aromatic carbocycles. The Morgan fingerprint density at radius 3 is 2.16 bits per heavy atom. The van der Waals surface area contributed by atoms with Gasteiger partial charge >= 0.3 is 0 Å².